The van der Waals surface area contributed by atoms with E-state index in [-0.39, 0.29) is 13.2 Å². The molecule has 0 spiro atoms. The highest BCUT2D eigenvalue weighted by molar-refractivity contribution is 7.85. The van der Waals surface area contributed by atoms with Gasteiger partial charge in [0, 0.05) is 13.2 Å². The fraction of sp³-hybridized carbons (Fsp3) is 1.00. The molecule has 0 radical (unpaired) electrons. The molecule has 0 rings (SSSR count). The first-order valence-corrected chi connectivity index (χ1v) is 6.48. The minimum atomic E-state index is -4.01. The maximum absolute atomic E-state index is 10.3. The van der Waals surface area contributed by atoms with Crippen LogP contribution in [0.3, 0.4) is 0 Å². The Morgan fingerprint density at radius 2 is 2.13 bits per heavy atom. The molecule has 0 aromatic heterocycles. The maximum atomic E-state index is 10.3. The number of hydrogen-bond donors (Lipinski definition) is 3. The molecular weight excluding hydrogens is 222 g/mol. The summed E-state index contributed by atoms with van der Waals surface area (Å²) in [6.07, 6.45) is 1.20. The average molecular weight is 241 g/mol. The maximum Gasteiger partial charge on any atom is 0.278 e. The first-order valence-electron chi connectivity index (χ1n) is 4.87. The number of nitrogens with one attached hydrogen (secondary N) is 1. The standard InChI is InChI=1S/C8H19NO5S/c1-2-3-4-14-6-8(10)5-9-7-15(11,12)13/h8-10H,2-7H2,1H3,(H,11,12,13). The van der Waals surface area contributed by atoms with Crippen molar-refractivity contribution in [2.45, 2.75) is 25.9 Å². The van der Waals surface area contributed by atoms with Crippen molar-refractivity contribution in [1.29, 1.82) is 0 Å². The van der Waals surface area contributed by atoms with Crippen LogP contribution in [0.5, 0.6) is 0 Å². The van der Waals surface area contributed by atoms with Crippen molar-refractivity contribution < 1.29 is 22.8 Å². The Morgan fingerprint density at radius 3 is 2.67 bits per heavy atom. The molecule has 0 saturated carbocycles. The first kappa shape index (κ1) is 14.8. The highest BCUT2D eigenvalue weighted by atomic mass is 32.2. The molecule has 1 unspecified atom stereocenters. The summed E-state index contributed by atoms with van der Waals surface area (Å²) in [5.41, 5.74) is 0. The van der Waals surface area contributed by atoms with Crippen LogP contribution < -0.4 is 5.32 Å². The summed E-state index contributed by atoms with van der Waals surface area (Å²) in [6.45, 7) is 2.86. The summed E-state index contributed by atoms with van der Waals surface area (Å²) < 4.78 is 34.1. The van der Waals surface area contributed by atoms with Gasteiger partial charge >= 0.3 is 0 Å². The lowest BCUT2D eigenvalue weighted by Crippen LogP contribution is -2.33. The predicted molar refractivity (Wildman–Crippen MR) is 56.2 cm³/mol. The molecule has 0 aliphatic carbocycles. The van der Waals surface area contributed by atoms with E-state index in [0.717, 1.165) is 12.8 Å². The molecule has 0 heterocycles. The molecule has 6 nitrogen and oxygen atoms in total. The van der Waals surface area contributed by atoms with Crippen molar-refractivity contribution in [2.75, 3.05) is 25.6 Å². The quantitative estimate of drug-likeness (QED) is 0.375. The third kappa shape index (κ3) is 11.7. The molecule has 0 saturated heterocycles. The number of aliphatic hydroxyl groups excluding tert-OH is 1. The van der Waals surface area contributed by atoms with E-state index in [2.05, 4.69) is 5.32 Å². The molecule has 0 bridgehead atoms. The van der Waals surface area contributed by atoms with Gasteiger partial charge in [-0.05, 0) is 6.42 Å². The number of aliphatic hydroxyl groups is 1. The van der Waals surface area contributed by atoms with Gasteiger partial charge in [-0.15, -0.1) is 0 Å². The Kier molecular flexibility index (Phi) is 7.89. The molecule has 0 amide bonds. The van der Waals surface area contributed by atoms with E-state index in [4.69, 9.17) is 9.29 Å². The predicted octanol–water partition coefficient (Wildman–Crippen LogP) is -0.401. The minimum absolute atomic E-state index is 0.0753. The second-order valence-electron chi connectivity index (χ2n) is 3.26. The summed E-state index contributed by atoms with van der Waals surface area (Å²) >= 11 is 0. The van der Waals surface area contributed by atoms with Gasteiger partial charge in [0.1, 0.15) is 5.88 Å². The number of hydrogen-bond acceptors (Lipinski definition) is 5. The molecule has 7 heteroatoms. The van der Waals surface area contributed by atoms with Crippen LogP contribution in [0.15, 0.2) is 0 Å². The molecule has 0 aliphatic rings. The van der Waals surface area contributed by atoms with E-state index >= 15 is 0 Å². The normalized spacial score (nSPS) is 14.1. The lowest BCUT2D eigenvalue weighted by atomic mass is 10.3. The third-order valence-corrected chi connectivity index (χ3v) is 2.19. The van der Waals surface area contributed by atoms with Crippen LogP contribution in [0.25, 0.3) is 0 Å². The van der Waals surface area contributed by atoms with Crippen molar-refractivity contribution in [3.05, 3.63) is 0 Å². The minimum Gasteiger partial charge on any atom is -0.389 e. The lowest BCUT2D eigenvalue weighted by molar-refractivity contribution is 0.0365. The van der Waals surface area contributed by atoms with Gasteiger partial charge in [-0.1, -0.05) is 13.3 Å². The Morgan fingerprint density at radius 1 is 1.47 bits per heavy atom. The van der Waals surface area contributed by atoms with Gasteiger partial charge in [0.05, 0.1) is 12.7 Å². The Balaban J connectivity index is 3.37. The summed E-state index contributed by atoms with van der Waals surface area (Å²) in [5.74, 6) is -0.557. The van der Waals surface area contributed by atoms with E-state index in [1.165, 1.54) is 0 Å². The van der Waals surface area contributed by atoms with E-state index in [1.807, 2.05) is 6.92 Å². The van der Waals surface area contributed by atoms with Crippen LogP contribution in [-0.4, -0.2) is 49.8 Å². The summed E-state index contributed by atoms with van der Waals surface area (Å²) in [6, 6.07) is 0. The van der Waals surface area contributed by atoms with Crippen LogP contribution in [0.4, 0.5) is 0 Å². The molecule has 92 valence electrons. The van der Waals surface area contributed by atoms with Crippen LogP contribution in [0.2, 0.25) is 0 Å². The zero-order valence-electron chi connectivity index (χ0n) is 8.85. The zero-order valence-corrected chi connectivity index (χ0v) is 9.66. The first-order chi connectivity index (χ1) is 6.95. The van der Waals surface area contributed by atoms with Crippen LogP contribution in [0.1, 0.15) is 19.8 Å². The molecule has 0 fully saturated rings. The van der Waals surface area contributed by atoms with Crippen molar-refractivity contribution >= 4 is 10.1 Å². The summed E-state index contributed by atoms with van der Waals surface area (Å²) in [7, 11) is -4.01. The van der Waals surface area contributed by atoms with Gasteiger partial charge in [-0.2, -0.15) is 8.42 Å². The number of ether oxygens (including phenoxy) is 1. The van der Waals surface area contributed by atoms with Crippen molar-refractivity contribution in [1.82, 2.24) is 5.32 Å². The average Bonchev–Trinajstić information content (AvgIpc) is 2.10. The smallest absolute Gasteiger partial charge is 0.278 e. The summed E-state index contributed by atoms with van der Waals surface area (Å²) in [5, 5.41) is 11.7. The largest absolute Gasteiger partial charge is 0.389 e. The number of unbranched alkanes of at least 4 members (excludes halogenated alkanes) is 1. The van der Waals surface area contributed by atoms with Gasteiger partial charge in [-0.25, -0.2) is 0 Å². The third-order valence-electron chi connectivity index (χ3n) is 1.62. The highest BCUT2D eigenvalue weighted by Crippen LogP contribution is 1.90. The lowest BCUT2D eigenvalue weighted by Gasteiger charge is -2.11. The van der Waals surface area contributed by atoms with Crippen molar-refractivity contribution in [3.63, 3.8) is 0 Å². The summed E-state index contributed by atoms with van der Waals surface area (Å²) in [4.78, 5) is 0. The van der Waals surface area contributed by atoms with E-state index in [9.17, 15) is 13.5 Å². The Bertz CT molecular complexity index is 241. The Hall–Kier alpha value is -0.210. The van der Waals surface area contributed by atoms with Crippen molar-refractivity contribution in [3.8, 4) is 0 Å². The second-order valence-corrected chi connectivity index (χ2v) is 4.72. The molecule has 0 aromatic rings. The molecule has 3 N–H and O–H groups in total. The molecule has 0 aliphatic heterocycles. The number of rotatable bonds is 9. The van der Waals surface area contributed by atoms with Gasteiger partial charge < -0.3 is 9.84 Å². The van der Waals surface area contributed by atoms with Crippen LogP contribution in [-0.2, 0) is 14.9 Å². The van der Waals surface area contributed by atoms with E-state index in [0.29, 0.717) is 6.61 Å². The van der Waals surface area contributed by atoms with Gasteiger partial charge in [0.15, 0.2) is 0 Å². The van der Waals surface area contributed by atoms with Crippen LogP contribution >= 0.6 is 0 Å². The SMILES string of the molecule is CCCCOCC(O)CNCS(=O)(=O)O. The fourth-order valence-electron chi connectivity index (χ4n) is 0.879. The second kappa shape index (κ2) is 8.00. The monoisotopic (exact) mass is 241 g/mol. The van der Waals surface area contributed by atoms with E-state index < -0.39 is 22.1 Å². The van der Waals surface area contributed by atoms with Gasteiger partial charge in [0.2, 0.25) is 0 Å². The molecule has 0 aromatic carbocycles. The van der Waals surface area contributed by atoms with Crippen LogP contribution in [0, 0.1) is 0 Å². The fourth-order valence-corrected chi connectivity index (χ4v) is 1.26. The zero-order chi connectivity index (χ0) is 11.7. The van der Waals surface area contributed by atoms with E-state index in [1.54, 1.807) is 0 Å². The highest BCUT2D eigenvalue weighted by Gasteiger charge is 2.07. The van der Waals surface area contributed by atoms with Crippen molar-refractivity contribution in [2.24, 2.45) is 0 Å². The van der Waals surface area contributed by atoms with Gasteiger partial charge in [-0.3, -0.25) is 9.87 Å². The topological polar surface area (TPSA) is 95.9 Å². The molecular formula is C8H19NO5S. The van der Waals surface area contributed by atoms with Gasteiger partial charge in [0.25, 0.3) is 10.1 Å². The Labute approximate surface area is 90.4 Å². The molecule has 15 heavy (non-hydrogen) atoms. The molecule has 1 atom stereocenters.